The Morgan fingerprint density at radius 3 is 2.39 bits per heavy atom. The van der Waals surface area contributed by atoms with Gasteiger partial charge in [0.05, 0.1) is 0 Å². The fourth-order valence-corrected chi connectivity index (χ4v) is 1.87. The second kappa shape index (κ2) is 7.93. The maximum atomic E-state index is 5.58. The van der Waals surface area contributed by atoms with Crippen LogP contribution >= 0.6 is 0 Å². The van der Waals surface area contributed by atoms with Crippen LogP contribution in [0.2, 0.25) is 0 Å². The van der Waals surface area contributed by atoms with Gasteiger partial charge in [0.1, 0.15) is 12.4 Å². The maximum absolute atomic E-state index is 5.58. The van der Waals surface area contributed by atoms with Crippen molar-refractivity contribution >= 4 is 0 Å². The second-order valence-corrected chi connectivity index (χ2v) is 4.86. The number of piperidine rings is 1. The smallest absolute Gasteiger partial charge is 0.112 e. The topological polar surface area (TPSA) is 12.5 Å². The van der Waals surface area contributed by atoms with E-state index >= 15 is 0 Å². The Kier molecular flexibility index (Phi) is 6.51. The summed E-state index contributed by atoms with van der Waals surface area (Å²) in [6, 6.07) is 0. The zero-order valence-corrected chi connectivity index (χ0v) is 11.6. The highest BCUT2D eigenvalue weighted by Gasteiger charge is 2.09. The summed E-state index contributed by atoms with van der Waals surface area (Å²) in [5.41, 5.74) is 1.88. The molecule has 1 aliphatic rings. The van der Waals surface area contributed by atoms with Crippen molar-refractivity contribution in [2.75, 3.05) is 26.2 Å². The number of hydrogen-bond acceptors (Lipinski definition) is 2. The van der Waals surface area contributed by atoms with Gasteiger partial charge in [-0.15, -0.1) is 0 Å². The van der Waals surface area contributed by atoms with Crippen LogP contribution in [0.5, 0.6) is 0 Å². The number of nitrogens with zero attached hydrogens (tertiary/aromatic N) is 1. The molecule has 0 N–H and O–H groups in total. The maximum Gasteiger partial charge on any atom is 0.112 e. The normalized spacial score (nSPS) is 16.7. The molecule has 0 unspecified atom stereocenters. The molecule has 0 radical (unpaired) electrons. The molecule has 0 aliphatic carbocycles. The minimum atomic E-state index is 0.689. The average molecular weight is 247 g/mol. The predicted octanol–water partition coefficient (Wildman–Crippen LogP) is 3.69. The van der Waals surface area contributed by atoms with Crippen molar-refractivity contribution in [3.05, 3.63) is 48.8 Å². The van der Waals surface area contributed by atoms with Crippen molar-refractivity contribution < 1.29 is 4.74 Å². The first kappa shape index (κ1) is 14.8. The lowest BCUT2D eigenvalue weighted by atomic mass is 10.1. The number of allylic oxidation sites excluding steroid dienone is 4. The first-order valence-corrected chi connectivity index (χ1v) is 6.66. The van der Waals surface area contributed by atoms with E-state index in [-0.39, 0.29) is 0 Å². The molecule has 0 aromatic rings. The molecule has 0 aromatic carbocycles. The minimum absolute atomic E-state index is 0.689. The Morgan fingerprint density at radius 2 is 1.78 bits per heavy atom. The molecule has 0 saturated carbocycles. The fourth-order valence-electron chi connectivity index (χ4n) is 1.87. The molecule has 0 amide bonds. The second-order valence-electron chi connectivity index (χ2n) is 4.86. The third kappa shape index (κ3) is 5.87. The number of hydrogen-bond donors (Lipinski definition) is 0. The number of rotatable bonds is 7. The lowest BCUT2D eigenvalue weighted by molar-refractivity contribution is 0.149. The monoisotopic (exact) mass is 247 g/mol. The zero-order valence-electron chi connectivity index (χ0n) is 11.6. The van der Waals surface area contributed by atoms with Crippen LogP contribution in [0.4, 0.5) is 0 Å². The van der Waals surface area contributed by atoms with Gasteiger partial charge in [-0.3, -0.25) is 4.90 Å². The predicted molar refractivity (Wildman–Crippen MR) is 78.5 cm³/mol. The van der Waals surface area contributed by atoms with Crippen LogP contribution in [0.15, 0.2) is 48.8 Å². The molecule has 100 valence electrons. The lowest BCUT2D eigenvalue weighted by Gasteiger charge is -2.26. The van der Waals surface area contributed by atoms with Crippen LogP contribution in [0, 0.1) is 0 Å². The van der Waals surface area contributed by atoms with E-state index in [0.29, 0.717) is 12.4 Å². The average Bonchev–Trinajstić information content (AvgIpc) is 2.37. The Hall–Kier alpha value is -1.28. The van der Waals surface area contributed by atoms with Crippen LogP contribution < -0.4 is 0 Å². The number of ether oxygens (including phenoxy) is 1. The van der Waals surface area contributed by atoms with Gasteiger partial charge in [0.2, 0.25) is 0 Å². The van der Waals surface area contributed by atoms with Crippen molar-refractivity contribution in [3.63, 3.8) is 0 Å². The van der Waals surface area contributed by atoms with E-state index in [1.165, 1.54) is 32.4 Å². The van der Waals surface area contributed by atoms with Gasteiger partial charge in [0, 0.05) is 6.54 Å². The van der Waals surface area contributed by atoms with Crippen molar-refractivity contribution in [2.24, 2.45) is 0 Å². The molecule has 1 saturated heterocycles. The van der Waals surface area contributed by atoms with E-state index < -0.39 is 0 Å². The van der Waals surface area contributed by atoms with E-state index in [4.69, 9.17) is 4.74 Å². The van der Waals surface area contributed by atoms with Gasteiger partial charge in [-0.1, -0.05) is 37.8 Å². The summed E-state index contributed by atoms with van der Waals surface area (Å²) in [6.07, 6.45) is 7.76. The van der Waals surface area contributed by atoms with Crippen molar-refractivity contribution in [2.45, 2.75) is 26.2 Å². The van der Waals surface area contributed by atoms with Gasteiger partial charge in [-0.05, 0) is 44.5 Å². The molecule has 2 heteroatoms. The third-order valence-corrected chi connectivity index (χ3v) is 3.16. The van der Waals surface area contributed by atoms with Crippen LogP contribution in [-0.2, 0) is 4.74 Å². The molecular weight excluding hydrogens is 222 g/mol. The molecule has 1 heterocycles. The first-order chi connectivity index (χ1) is 8.59. The quantitative estimate of drug-likeness (QED) is 0.502. The van der Waals surface area contributed by atoms with Gasteiger partial charge in [-0.2, -0.15) is 0 Å². The molecule has 0 bridgehead atoms. The third-order valence-electron chi connectivity index (χ3n) is 3.16. The highest BCUT2D eigenvalue weighted by molar-refractivity contribution is 5.35. The molecule has 0 atom stereocenters. The standard InChI is InChI=1S/C16H25NO/c1-14(2)15(3)8-9-16(4)18-13-12-17-10-6-5-7-11-17/h8-9H,1,3-7,10-13H2,2H3/b9-8-. The van der Waals surface area contributed by atoms with Crippen molar-refractivity contribution in [1.82, 2.24) is 4.90 Å². The summed E-state index contributed by atoms with van der Waals surface area (Å²) < 4.78 is 5.58. The van der Waals surface area contributed by atoms with E-state index in [0.717, 1.165) is 17.7 Å². The van der Waals surface area contributed by atoms with Crippen LogP contribution in [0.3, 0.4) is 0 Å². The summed E-state index contributed by atoms with van der Waals surface area (Å²) in [5, 5.41) is 0. The summed E-state index contributed by atoms with van der Waals surface area (Å²) in [6.45, 7) is 17.6. The molecule has 1 rings (SSSR count). The van der Waals surface area contributed by atoms with Crippen LogP contribution in [-0.4, -0.2) is 31.1 Å². The van der Waals surface area contributed by atoms with Crippen LogP contribution in [0.1, 0.15) is 26.2 Å². The minimum Gasteiger partial charge on any atom is -0.493 e. The van der Waals surface area contributed by atoms with E-state index in [9.17, 15) is 0 Å². The van der Waals surface area contributed by atoms with Gasteiger partial charge in [-0.25, -0.2) is 0 Å². The first-order valence-electron chi connectivity index (χ1n) is 6.66. The van der Waals surface area contributed by atoms with Gasteiger partial charge in [0.15, 0.2) is 0 Å². The highest BCUT2D eigenvalue weighted by Crippen LogP contribution is 2.09. The summed E-state index contributed by atoms with van der Waals surface area (Å²) in [4.78, 5) is 2.45. The highest BCUT2D eigenvalue weighted by atomic mass is 16.5. The fraction of sp³-hybridized carbons (Fsp3) is 0.500. The van der Waals surface area contributed by atoms with E-state index in [1.54, 1.807) is 0 Å². The van der Waals surface area contributed by atoms with Crippen LogP contribution in [0.25, 0.3) is 0 Å². The Labute approximate surface area is 111 Å². The summed E-state index contributed by atoms with van der Waals surface area (Å²) in [5.74, 6) is 0.689. The molecule has 2 nitrogen and oxygen atoms in total. The van der Waals surface area contributed by atoms with E-state index in [2.05, 4.69) is 24.6 Å². The molecule has 1 fully saturated rings. The molecule has 0 spiro atoms. The Bertz CT molecular complexity index is 335. The van der Waals surface area contributed by atoms with Gasteiger partial charge in [0.25, 0.3) is 0 Å². The number of likely N-dealkylation sites (tertiary alicyclic amines) is 1. The molecular formula is C16H25NO. The Morgan fingerprint density at radius 1 is 1.11 bits per heavy atom. The van der Waals surface area contributed by atoms with Gasteiger partial charge < -0.3 is 4.74 Å². The van der Waals surface area contributed by atoms with Gasteiger partial charge >= 0.3 is 0 Å². The summed E-state index contributed by atoms with van der Waals surface area (Å²) in [7, 11) is 0. The van der Waals surface area contributed by atoms with Crippen molar-refractivity contribution in [1.29, 1.82) is 0 Å². The molecule has 18 heavy (non-hydrogen) atoms. The largest absolute Gasteiger partial charge is 0.493 e. The molecule has 0 aromatic heterocycles. The van der Waals surface area contributed by atoms with E-state index in [1.807, 2.05) is 19.1 Å². The van der Waals surface area contributed by atoms with Crippen molar-refractivity contribution in [3.8, 4) is 0 Å². The zero-order chi connectivity index (χ0) is 13.4. The molecule has 1 aliphatic heterocycles. The SMILES string of the molecule is C=C(/C=C\C(=C)C(=C)C)OCCN1CCCCC1. The lowest BCUT2D eigenvalue weighted by Crippen LogP contribution is -2.32. The summed E-state index contributed by atoms with van der Waals surface area (Å²) >= 11 is 0. The Balaban J connectivity index is 2.16.